The van der Waals surface area contributed by atoms with E-state index >= 15 is 0 Å². The molecule has 9 nitrogen and oxygen atoms in total. The van der Waals surface area contributed by atoms with Gasteiger partial charge < -0.3 is 40.3 Å². The van der Waals surface area contributed by atoms with Gasteiger partial charge in [-0.25, -0.2) is 0 Å². The van der Waals surface area contributed by atoms with Crippen LogP contribution in [0.15, 0.2) is 0 Å². The lowest BCUT2D eigenvalue weighted by Gasteiger charge is -2.40. The molecule has 57 heavy (non-hydrogen) atoms. The molecule has 0 bridgehead atoms. The summed E-state index contributed by atoms with van der Waals surface area (Å²) in [6.07, 6.45) is 36.8. The summed E-state index contributed by atoms with van der Waals surface area (Å²) in [6, 6.07) is -0.711. The Morgan fingerprint density at radius 2 is 0.877 bits per heavy atom. The number of aliphatic hydroxyl groups is 5. The standard InChI is InChI=1S/C48H95NO8/c1-3-5-7-9-11-13-15-17-19-21-23-25-27-29-31-33-35-37-42(51)41(40-56-48-47(55)46(54)45(53)43(39-50)57-48)49-44(52)38-36-34-32-30-28-26-24-22-20-18-16-14-12-10-8-6-4-2/h41-43,45-48,50-51,53-55H,3-40H2,1-2H3,(H,49,52)/t41-,42+,43+,45-,46?,47?,48+/m0/s1. The number of hydrogen-bond donors (Lipinski definition) is 6. The van der Waals surface area contributed by atoms with Crippen LogP contribution in [0.2, 0.25) is 0 Å². The van der Waals surface area contributed by atoms with Gasteiger partial charge in [-0.2, -0.15) is 0 Å². The first-order valence-electron chi connectivity index (χ1n) is 24.7. The average Bonchev–Trinajstić information content (AvgIpc) is 3.21. The van der Waals surface area contributed by atoms with E-state index in [9.17, 15) is 30.3 Å². The van der Waals surface area contributed by atoms with Crippen LogP contribution in [0.1, 0.15) is 245 Å². The van der Waals surface area contributed by atoms with Crippen molar-refractivity contribution >= 4 is 5.91 Å². The van der Waals surface area contributed by atoms with Crippen LogP contribution in [-0.2, 0) is 14.3 Å². The number of amides is 1. The third kappa shape index (κ3) is 30.0. The van der Waals surface area contributed by atoms with E-state index in [-0.39, 0.29) is 12.5 Å². The molecule has 0 aromatic carbocycles. The lowest BCUT2D eigenvalue weighted by molar-refractivity contribution is -0.302. The van der Waals surface area contributed by atoms with Crippen molar-refractivity contribution in [3.8, 4) is 0 Å². The first kappa shape index (κ1) is 54.2. The van der Waals surface area contributed by atoms with Crippen LogP contribution < -0.4 is 5.32 Å². The Morgan fingerprint density at radius 3 is 1.25 bits per heavy atom. The lowest BCUT2D eigenvalue weighted by atomic mass is 9.99. The molecule has 2 unspecified atom stereocenters. The molecule has 1 aliphatic rings. The van der Waals surface area contributed by atoms with Crippen LogP contribution in [0.25, 0.3) is 0 Å². The summed E-state index contributed by atoms with van der Waals surface area (Å²) < 4.78 is 11.3. The molecule has 9 heteroatoms. The second-order valence-electron chi connectivity index (χ2n) is 17.6. The Morgan fingerprint density at radius 1 is 0.526 bits per heavy atom. The molecule has 0 aromatic rings. The largest absolute Gasteiger partial charge is 0.394 e. The summed E-state index contributed by atoms with van der Waals surface area (Å²) in [6.45, 7) is 3.86. The number of unbranched alkanes of at least 4 members (excludes halogenated alkanes) is 32. The quantitative estimate of drug-likeness (QED) is 0.0334. The van der Waals surface area contributed by atoms with Crippen molar-refractivity contribution in [1.29, 1.82) is 0 Å². The van der Waals surface area contributed by atoms with Gasteiger partial charge in [-0.05, 0) is 12.8 Å². The SMILES string of the molecule is CCCCCCCCCCCCCCCCCCCC(=O)N[C@@H](CO[C@@H]1O[C@H](CO)[C@H](O)C(O)C1O)[C@H](O)CCCCCCCCCCCCCCCCCCC. The third-order valence-corrected chi connectivity index (χ3v) is 12.2. The molecule has 1 amide bonds. The van der Waals surface area contributed by atoms with Crippen molar-refractivity contribution in [2.24, 2.45) is 0 Å². The van der Waals surface area contributed by atoms with E-state index in [0.717, 1.165) is 38.5 Å². The monoisotopic (exact) mass is 814 g/mol. The topological polar surface area (TPSA) is 149 Å². The molecule has 7 atom stereocenters. The zero-order chi connectivity index (χ0) is 41.6. The van der Waals surface area contributed by atoms with Crippen molar-refractivity contribution in [1.82, 2.24) is 5.32 Å². The molecule has 6 N–H and O–H groups in total. The maximum atomic E-state index is 13.0. The average molecular weight is 814 g/mol. The van der Waals surface area contributed by atoms with E-state index in [4.69, 9.17) is 9.47 Å². The minimum Gasteiger partial charge on any atom is -0.394 e. The third-order valence-electron chi connectivity index (χ3n) is 12.2. The van der Waals surface area contributed by atoms with E-state index in [1.807, 2.05) is 0 Å². The van der Waals surface area contributed by atoms with Gasteiger partial charge in [0.1, 0.15) is 24.4 Å². The number of carbonyl (C=O) groups is 1. The van der Waals surface area contributed by atoms with E-state index in [2.05, 4.69) is 19.2 Å². The van der Waals surface area contributed by atoms with Crippen LogP contribution >= 0.6 is 0 Å². The highest BCUT2D eigenvalue weighted by Crippen LogP contribution is 2.23. The summed E-state index contributed by atoms with van der Waals surface area (Å²) >= 11 is 0. The fourth-order valence-corrected chi connectivity index (χ4v) is 8.22. The summed E-state index contributed by atoms with van der Waals surface area (Å²) in [5.74, 6) is -0.139. The molecular weight excluding hydrogens is 719 g/mol. The number of carbonyl (C=O) groups excluding carboxylic acids is 1. The van der Waals surface area contributed by atoms with Crippen molar-refractivity contribution in [2.75, 3.05) is 13.2 Å². The van der Waals surface area contributed by atoms with Crippen LogP contribution in [0.4, 0.5) is 0 Å². The Bertz CT molecular complexity index is 862. The zero-order valence-electron chi connectivity index (χ0n) is 37.4. The smallest absolute Gasteiger partial charge is 0.220 e. The van der Waals surface area contributed by atoms with E-state index < -0.39 is 49.5 Å². The van der Waals surface area contributed by atoms with Gasteiger partial charge in [0.25, 0.3) is 0 Å². The molecule has 0 aliphatic carbocycles. The Balaban J connectivity index is 2.28. The first-order chi connectivity index (χ1) is 27.8. The summed E-state index contributed by atoms with van der Waals surface area (Å²) in [5, 5.41) is 54.4. The molecule has 1 aliphatic heterocycles. The zero-order valence-corrected chi connectivity index (χ0v) is 37.4. The summed E-state index contributed by atoms with van der Waals surface area (Å²) in [7, 11) is 0. The number of hydrogen-bond acceptors (Lipinski definition) is 8. The number of aliphatic hydroxyl groups excluding tert-OH is 5. The minimum absolute atomic E-state index is 0.131. The molecule has 0 spiro atoms. The van der Waals surface area contributed by atoms with Crippen LogP contribution in [0.5, 0.6) is 0 Å². The number of rotatable bonds is 42. The van der Waals surface area contributed by atoms with Crippen LogP contribution in [-0.4, -0.2) is 87.5 Å². The molecule has 0 radical (unpaired) electrons. The van der Waals surface area contributed by atoms with Gasteiger partial charge in [0.15, 0.2) is 6.29 Å². The van der Waals surface area contributed by atoms with Crippen LogP contribution in [0.3, 0.4) is 0 Å². The van der Waals surface area contributed by atoms with Gasteiger partial charge in [-0.1, -0.05) is 226 Å². The summed E-state index contributed by atoms with van der Waals surface area (Å²) in [5.41, 5.74) is 0. The van der Waals surface area contributed by atoms with Gasteiger partial charge in [-0.15, -0.1) is 0 Å². The number of nitrogens with one attached hydrogen (secondary N) is 1. The van der Waals surface area contributed by atoms with Crippen molar-refractivity contribution < 1.29 is 39.8 Å². The molecular formula is C48H95NO8. The van der Waals surface area contributed by atoms with E-state index in [1.54, 1.807) is 0 Å². The highest BCUT2D eigenvalue weighted by Gasteiger charge is 2.44. The maximum absolute atomic E-state index is 13.0. The minimum atomic E-state index is -1.55. The predicted octanol–water partition coefficient (Wildman–Crippen LogP) is 10.7. The van der Waals surface area contributed by atoms with Crippen molar-refractivity contribution in [3.05, 3.63) is 0 Å². The molecule has 0 aromatic heterocycles. The lowest BCUT2D eigenvalue weighted by Crippen LogP contribution is -2.60. The normalized spacial score (nSPS) is 20.9. The van der Waals surface area contributed by atoms with E-state index in [1.165, 1.54) is 180 Å². The van der Waals surface area contributed by atoms with Gasteiger partial charge in [-0.3, -0.25) is 4.79 Å². The summed E-state index contributed by atoms with van der Waals surface area (Å²) in [4.78, 5) is 13.0. The number of ether oxygens (including phenoxy) is 2. The Labute approximate surface area is 351 Å². The fraction of sp³-hybridized carbons (Fsp3) is 0.979. The fourth-order valence-electron chi connectivity index (χ4n) is 8.22. The van der Waals surface area contributed by atoms with Gasteiger partial charge in [0.2, 0.25) is 5.91 Å². The van der Waals surface area contributed by atoms with Crippen molar-refractivity contribution in [2.45, 2.75) is 288 Å². The highest BCUT2D eigenvalue weighted by atomic mass is 16.7. The van der Waals surface area contributed by atoms with Crippen molar-refractivity contribution in [3.63, 3.8) is 0 Å². The Hall–Kier alpha value is -0.810. The molecule has 1 saturated heterocycles. The molecule has 1 fully saturated rings. The second-order valence-corrected chi connectivity index (χ2v) is 17.6. The van der Waals surface area contributed by atoms with Gasteiger partial charge in [0, 0.05) is 6.42 Å². The second kappa shape index (κ2) is 39.3. The van der Waals surface area contributed by atoms with E-state index in [0.29, 0.717) is 12.8 Å². The molecule has 1 rings (SSSR count). The maximum Gasteiger partial charge on any atom is 0.220 e. The van der Waals surface area contributed by atoms with Gasteiger partial charge in [0.05, 0.1) is 25.4 Å². The first-order valence-corrected chi connectivity index (χ1v) is 24.7. The van der Waals surface area contributed by atoms with Gasteiger partial charge >= 0.3 is 0 Å². The predicted molar refractivity (Wildman–Crippen MR) is 235 cm³/mol. The molecule has 1 heterocycles. The highest BCUT2D eigenvalue weighted by molar-refractivity contribution is 5.76. The molecule has 0 saturated carbocycles. The Kier molecular flexibility index (Phi) is 37.4. The molecule has 340 valence electrons. The van der Waals surface area contributed by atoms with Crippen LogP contribution in [0, 0.1) is 0 Å².